The van der Waals surface area contributed by atoms with Crippen molar-refractivity contribution >= 4 is 5.97 Å². The molecule has 0 aliphatic carbocycles. The van der Waals surface area contributed by atoms with Gasteiger partial charge in [0.05, 0.1) is 6.61 Å². The molecular formula is C6H12O4. The second-order valence-electron chi connectivity index (χ2n) is 2.11. The monoisotopic (exact) mass is 148 g/mol. The highest BCUT2D eigenvalue weighted by Crippen LogP contribution is 1.92. The molecular weight excluding hydrogens is 136 g/mol. The molecule has 0 heterocycles. The maximum atomic E-state index is 10.5. The normalized spacial score (nSPS) is 16.0. The van der Waals surface area contributed by atoms with Crippen molar-refractivity contribution in [3.8, 4) is 0 Å². The van der Waals surface area contributed by atoms with E-state index in [0.29, 0.717) is 0 Å². The Labute approximate surface area is 59.4 Å². The summed E-state index contributed by atoms with van der Waals surface area (Å²) in [6.45, 7) is 2.63. The van der Waals surface area contributed by atoms with Crippen LogP contribution < -0.4 is 0 Å². The van der Waals surface area contributed by atoms with Crippen LogP contribution in [0.1, 0.15) is 13.8 Å². The third-order valence-corrected chi connectivity index (χ3v) is 0.916. The van der Waals surface area contributed by atoms with Gasteiger partial charge in [-0.15, -0.1) is 0 Å². The SMILES string of the molecule is C[C@H](CO)OC(=O)[C@H](C)O. The van der Waals surface area contributed by atoms with Gasteiger partial charge in [-0.05, 0) is 13.8 Å². The van der Waals surface area contributed by atoms with Crippen molar-refractivity contribution in [2.75, 3.05) is 6.61 Å². The molecule has 0 rings (SSSR count). The number of esters is 1. The van der Waals surface area contributed by atoms with Gasteiger partial charge < -0.3 is 14.9 Å². The Morgan fingerprint density at radius 1 is 1.60 bits per heavy atom. The molecule has 0 aromatic heterocycles. The standard InChI is InChI=1S/C6H12O4/c1-4(3-7)10-6(9)5(2)8/h4-5,7-8H,3H2,1-2H3/t4-,5+/m1/s1. The molecule has 0 bridgehead atoms. The molecule has 10 heavy (non-hydrogen) atoms. The van der Waals surface area contributed by atoms with E-state index >= 15 is 0 Å². The van der Waals surface area contributed by atoms with Crippen LogP contribution in [0.3, 0.4) is 0 Å². The molecule has 0 aliphatic heterocycles. The maximum Gasteiger partial charge on any atom is 0.335 e. The summed E-state index contributed by atoms with van der Waals surface area (Å²) in [5, 5.41) is 17.0. The fraction of sp³-hybridized carbons (Fsp3) is 0.833. The summed E-state index contributed by atoms with van der Waals surface area (Å²) >= 11 is 0. The zero-order valence-corrected chi connectivity index (χ0v) is 6.07. The number of ether oxygens (including phenoxy) is 1. The number of aliphatic hydroxyl groups is 2. The molecule has 0 amide bonds. The average Bonchev–Trinajstić information content (AvgIpc) is 1.87. The molecule has 4 heteroatoms. The molecule has 0 aromatic rings. The van der Waals surface area contributed by atoms with E-state index in [4.69, 9.17) is 10.2 Å². The van der Waals surface area contributed by atoms with Crippen molar-refractivity contribution in [1.29, 1.82) is 0 Å². The molecule has 0 fully saturated rings. The Morgan fingerprint density at radius 2 is 2.10 bits per heavy atom. The Hall–Kier alpha value is -0.610. The first-order chi connectivity index (χ1) is 4.57. The topological polar surface area (TPSA) is 66.8 Å². The average molecular weight is 148 g/mol. The summed E-state index contributed by atoms with van der Waals surface area (Å²) in [5.41, 5.74) is 0. The molecule has 0 radical (unpaired) electrons. The fourth-order valence-electron chi connectivity index (χ4n) is 0.334. The molecule has 4 nitrogen and oxygen atoms in total. The van der Waals surface area contributed by atoms with Gasteiger partial charge in [-0.3, -0.25) is 0 Å². The Bertz CT molecular complexity index is 110. The molecule has 0 aliphatic rings. The molecule has 0 spiro atoms. The van der Waals surface area contributed by atoms with Crippen molar-refractivity contribution in [1.82, 2.24) is 0 Å². The second kappa shape index (κ2) is 4.24. The molecule has 0 aromatic carbocycles. The van der Waals surface area contributed by atoms with Gasteiger partial charge in [0, 0.05) is 0 Å². The van der Waals surface area contributed by atoms with E-state index in [2.05, 4.69) is 4.74 Å². The molecule has 2 N–H and O–H groups in total. The van der Waals surface area contributed by atoms with E-state index in [1.165, 1.54) is 6.92 Å². The minimum Gasteiger partial charge on any atom is -0.458 e. The van der Waals surface area contributed by atoms with E-state index in [0.717, 1.165) is 0 Å². The quantitative estimate of drug-likeness (QED) is 0.519. The van der Waals surface area contributed by atoms with Crippen LogP contribution >= 0.6 is 0 Å². The summed E-state index contributed by atoms with van der Waals surface area (Å²) < 4.78 is 4.52. The van der Waals surface area contributed by atoms with E-state index < -0.39 is 18.2 Å². The lowest BCUT2D eigenvalue weighted by Gasteiger charge is -2.10. The predicted molar refractivity (Wildman–Crippen MR) is 34.3 cm³/mol. The Morgan fingerprint density at radius 3 is 2.40 bits per heavy atom. The van der Waals surface area contributed by atoms with Gasteiger partial charge >= 0.3 is 5.97 Å². The van der Waals surface area contributed by atoms with Crippen LogP contribution in [0.15, 0.2) is 0 Å². The van der Waals surface area contributed by atoms with Crippen LogP contribution in [0.4, 0.5) is 0 Å². The molecule has 2 atom stereocenters. The van der Waals surface area contributed by atoms with E-state index in [1.54, 1.807) is 6.92 Å². The Kier molecular flexibility index (Phi) is 3.99. The highest BCUT2D eigenvalue weighted by molar-refractivity contribution is 5.73. The van der Waals surface area contributed by atoms with Crippen molar-refractivity contribution < 1.29 is 19.7 Å². The van der Waals surface area contributed by atoms with Crippen LogP contribution in [0.2, 0.25) is 0 Å². The smallest absolute Gasteiger partial charge is 0.335 e. The summed E-state index contributed by atoms with van der Waals surface area (Å²) in [6, 6.07) is 0. The summed E-state index contributed by atoms with van der Waals surface area (Å²) in [6.07, 6.45) is -1.66. The van der Waals surface area contributed by atoms with Gasteiger partial charge in [0.2, 0.25) is 0 Å². The van der Waals surface area contributed by atoms with E-state index in [1.807, 2.05) is 0 Å². The number of rotatable bonds is 3. The molecule has 60 valence electrons. The van der Waals surface area contributed by atoms with Gasteiger partial charge in [0.15, 0.2) is 0 Å². The third kappa shape index (κ3) is 3.42. The number of hydrogen-bond acceptors (Lipinski definition) is 4. The van der Waals surface area contributed by atoms with Gasteiger partial charge in [0.25, 0.3) is 0 Å². The fourth-order valence-corrected chi connectivity index (χ4v) is 0.334. The summed E-state index contributed by atoms with van der Waals surface area (Å²) in [4.78, 5) is 10.5. The number of hydrogen-bond donors (Lipinski definition) is 2. The van der Waals surface area contributed by atoms with Crippen LogP contribution in [-0.2, 0) is 9.53 Å². The molecule has 0 unspecified atom stereocenters. The van der Waals surface area contributed by atoms with Gasteiger partial charge in [-0.2, -0.15) is 0 Å². The Balaban J connectivity index is 3.57. The van der Waals surface area contributed by atoms with Crippen molar-refractivity contribution in [3.05, 3.63) is 0 Å². The largest absolute Gasteiger partial charge is 0.458 e. The van der Waals surface area contributed by atoms with Crippen molar-refractivity contribution in [2.45, 2.75) is 26.1 Å². The van der Waals surface area contributed by atoms with Crippen molar-refractivity contribution in [2.24, 2.45) is 0 Å². The lowest BCUT2D eigenvalue weighted by molar-refractivity contribution is -0.158. The third-order valence-electron chi connectivity index (χ3n) is 0.916. The van der Waals surface area contributed by atoms with Crippen LogP contribution in [0.5, 0.6) is 0 Å². The minimum atomic E-state index is -1.12. The first-order valence-electron chi connectivity index (χ1n) is 3.07. The predicted octanol–water partition coefficient (Wildman–Crippen LogP) is -0.709. The number of aliphatic hydroxyl groups excluding tert-OH is 2. The van der Waals surface area contributed by atoms with Gasteiger partial charge in [0.1, 0.15) is 12.2 Å². The first-order valence-corrected chi connectivity index (χ1v) is 3.07. The number of carbonyl (C=O) groups is 1. The van der Waals surface area contributed by atoms with Crippen LogP contribution in [0, 0.1) is 0 Å². The maximum absolute atomic E-state index is 10.5. The van der Waals surface area contributed by atoms with Gasteiger partial charge in [-0.25, -0.2) is 4.79 Å². The highest BCUT2D eigenvalue weighted by Gasteiger charge is 2.12. The molecule has 0 saturated heterocycles. The van der Waals surface area contributed by atoms with E-state index in [-0.39, 0.29) is 6.61 Å². The minimum absolute atomic E-state index is 0.224. The van der Waals surface area contributed by atoms with E-state index in [9.17, 15) is 4.79 Å². The lowest BCUT2D eigenvalue weighted by Crippen LogP contribution is -2.25. The van der Waals surface area contributed by atoms with Gasteiger partial charge in [-0.1, -0.05) is 0 Å². The second-order valence-corrected chi connectivity index (χ2v) is 2.11. The summed E-state index contributed by atoms with van der Waals surface area (Å²) in [7, 11) is 0. The zero-order chi connectivity index (χ0) is 8.15. The van der Waals surface area contributed by atoms with Crippen molar-refractivity contribution in [3.63, 3.8) is 0 Å². The number of carbonyl (C=O) groups excluding carboxylic acids is 1. The van der Waals surface area contributed by atoms with Crippen LogP contribution in [0.25, 0.3) is 0 Å². The molecule has 0 saturated carbocycles. The highest BCUT2D eigenvalue weighted by atomic mass is 16.6. The summed E-state index contributed by atoms with van der Waals surface area (Å²) in [5.74, 6) is -0.707. The first kappa shape index (κ1) is 9.39. The van der Waals surface area contributed by atoms with Crippen LogP contribution in [-0.4, -0.2) is 35.0 Å². The lowest BCUT2D eigenvalue weighted by atomic mass is 10.4. The zero-order valence-electron chi connectivity index (χ0n) is 6.07.